The van der Waals surface area contributed by atoms with Crippen molar-refractivity contribution in [3.8, 4) is 5.75 Å². The fourth-order valence-corrected chi connectivity index (χ4v) is 4.23. The monoisotopic (exact) mass is 482 g/mol. The molecular weight excluding hydrogens is 455 g/mol. The normalized spacial score (nSPS) is 17.4. The summed E-state index contributed by atoms with van der Waals surface area (Å²) in [6, 6.07) is 5.02. The number of ether oxygens (including phenoxy) is 1. The van der Waals surface area contributed by atoms with Crippen molar-refractivity contribution in [2.45, 2.75) is 38.3 Å². The lowest BCUT2D eigenvalue weighted by Gasteiger charge is -2.36. The number of aromatic nitrogens is 3. The van der Waals surface area contributed by atoms with Gasteiger partial charge < -0.3 is 20.1 Å². The second-order valence-corrected chi connectivity index (χ2v) is 9.67. The van der Waals surface area contributed by atoms with E-state index in [-0.39, 0.29) is 25.1 Å². The largest absolute Gasteiger partial charge is 0.486 e. The first-order chi connectivity index (χ1) is 16.6. The third-order valence-electron chi connectivity index (χ3n) is 6.33. The molecule has 2 aliphatic heterocycles. The highest BCUT2D eigenvalue weighted by atomic mass is 19.1. The average molecular weight is 483 g/mol. The minimum absolute atomic E-state index is 0.0784. The van der Waals surface area contributed by atoms with Crippen LogP contribution in [0.25, 0.3) is 5.65 Å². The summed E-state index contributed by atoms with van der Waals surface area (Å²) in [6.45, 7) is 4.11. The Balaban J connectivity index is 1.44. The number of carbonyl (C=O) groups excluding carboxylic acids is 2. The Morgan fingerprint density at radius 3 is 2.86 bits per heavy atom. The Kier molecular flexibility index (Phi) is 5.68. The number of anilines is 1. The Labute approximate surface area is 201 Å². The SMILES string of the molecule is CN1CC(Oc2cc3c(cc2NC(=O)c2cnn4cccnc24)CN(C[C@@H](F)C(C)(C)O)C3=O)C1. The van der Waals surface area contributed by atoms with Gasteiger partial charge in [-0.1, -0.05) is 0 Å². The molecule has 184 valence electrons. The highest BCUT2D eigenvalue weighted by molar-refractivity contribution is 6.09. The number of hydrogen-bond acceptors (Lipinski definition) is 7. The van der Waals surface area contributed by atoms with Crippen LogP contribution < -0.4 is 10.1 Å². The van der Waals surface area contributed by atoms with E-state index in [2.05, 4.69) is 20.3 Å². The molecule has 1 saturated heterocycles. The number of hydrogen-bond donors (Lipinski definition) is 2. The van der Waals surface area contributed by atoms with E-state index < -0.39 is 17.7 Å². The molecule has 0 unspecified atom stereocenters. The number of nitrogens with zero attached hydrogens (tertiary/aromatic N) is 5. The van der Waals surface area contributed by atoms with E-state index >= 15 is 0 Å². The number of amides is 2. The maximum Gasteiger partial charge on any atom is 0.261 e. The zero-order valence-electron chi connectivity index (χ0n) is 19.7. The van der Waals surface area contributed by atoms with Gasteiger partial charge in [-0.2, -0.15) is 5.10 Å². The van der Waals surface area contributed by atoms with Crippen molar-refractivity contribution in [3.05, 3.63) is 53.5 Å². The van der Waals surface area contributed by atoms with Crippen LogP contribution in [-0.2, 0) is 6.54 Å². The lowest BCUT2D eigenvalue weighted by molar-refractivity contribution is -0.0159. The zero-order chi connectivity index (χ0) is 24.9. The van der Waals surface area contributed by atoms with Gasteiger partial charge in [0.05, 0.1) is 24.0 Å². The lowest BCUT2D eigenvalue weighted by Crippen LogP contribution is -2.51. The number of likely N-dealkylation sites (tertiary alicyclic amines) is 1. The van der Waals surface area contributed by atoms with Crippen LogP contribution in [0.3, 0.4) is 0 Å². The quantitative estimate of drug-likeness (QED) is 0.528. The molecule has 0 spiro atoms. The Morgan fingerprint density at radius 2 is 2.14 bits per heavy atom. The van der Waals surface area contributed by atoms with Gasteiger partial charge in [0.25, 0.3) is 11.8 Å². The Bertz CT molecular complexity index is 1300. The van der Waals surface area contributed by atoms with Gasteiger partial charge >= 0.3 is 0 Å². The number of nitrogens with one attached hydrogen (secondary N) is 1. The highest BCUT2D eigenvalue weighted by Gasteiger charge is 2.36. The van der Waals surface area contributed by atoms with Crippen molar-refractivity contribution < 1.29 is 23.8 Å². The van der Waals surface area contributed by atoms with E-state index in [4.69, 9.17) is 4.74 Å². The molecule has 0 aliphatic carbocycles. The molecule has 2 N–H and O–H groups in total. The van der Waals surface area contributed by atoms with Gasteiger partial charge in [-0.15, -0.1) is 0 Å². The number of likely N-dealkylation sites (N-methyl/N-ethyl adjacent to an activating group) is 1. The molecule has 1 fully saturated rings. The fraction of sp³-hybridized carbons (Fsp3) is 0.417. The summed E-state index contributed by atoms with van der Waals surface area (Å²) in [5, 5.41) is 17.0. The number of rotatable bonds is 7. The number of alkyl halides is 1. The topological polar surface area (TPSA) is 112 Å². The predicted octanol–water partition coefficient (Wildman–Crippen LogP) is 1.74. The van der Waals surface area contributed by atoms with Crippen LogP contribution in [0, 0.1) is 0 Å². The van der Waals surface area contributed by atoms with Crippen molar-refractivity contribution in [1.29, 1.82) is 0 Å². The van der Waals surface area contributed by atoms with E-state index in [1.165, 1.54) is 29.5 Å². The number of aliphatic hydroxyl groups is 1. The Morgan fingerprint density at radius 1 is 1.37 bits per heavy atom. The maximum absolute atomic E-state index is 14.5. The number of fused-ring (bicyclic) bond motifs is 2. The van der Waals surface area contributed by atoms with Crippen molar-refractivity contribution in [3.63, 3.8) is 0 Å². The smallest absolute Gasteiger partial charge is 0.261 e. The van der Waals surface area contributed by atoms with E-state index in [1.807, 2.05) is 7.05 Å². The van der Waals surface area contributed by atoms with Crippen molar-refractivity contribution in [2.24, 2.45) is 0 Å². The first-order valence-corrected chi connectivity index (χ1v) is 11.4. The summed E-state index contributed by atoms with van der Waals surface area (Å²) in [4.78, 5) is 33.8. The van der Waals surface area contributed by atoms with Gasteiger partial charge in [0, 0.05) is 37.6 Å². The van der Waals surface area contributed by atoms with Crippen molar-refractivity contribution in [1.82, 2.24) is 24.4 Å². The second kappa shape index (κ2) is 8.58. The van der Waals surface area contributed by atoms with E-state index in [0.717, 1.165) is 13.1 Å². The molecular formula is C24H27FN6O4. The molecule has 0 radical (unpaired) electrons. The molecule has 2 aromatic heterocycles. The van der Waals surface area contributed by atoms with Crippen LogP contribution in [0.2, 0.25) is 0 Å². The van der Waals surface area contributed by atoms with E-state index in [0.29, 0.717) is 33.8 Å². The van der Waals surface area contributed by atoms with E-state index in [9.17, 15) is 19.1 Å². The summed E-state index contributed by atoms with van der Waals surface area (Å²) in [7, 11) is 1.97. The van der Waals surface area contributed by atoms with Crippen LogP contribution in [0.15, 0.2) is 36.8 Å². The minimum Gasteiger partial charge on any atom is -0.486 e. The first kappa shape index (κ1) is 23.2. The van der Waals surface area contributed by atoms with Gasteiger partial charge in [0.2, 0.25) is 0 Å². The number of halogens is 1. The summed E-state index contributed by atoms with van der Waals surface area (Å²) in [6.07, 6.45) is 3.03. The van der Waals surface area contributed by atoms with Crippen LogP contribution in [0.1, 0.15) is 40.1 Å². The van der Waals surface area contributed by atoms with Crippen LogP contribution >= 0.6 is 0 Å². The van der Waals surface area contributed by atoms with Crippen molar-refractivity contribution in [2.75, 3.05) is 32.0 Å². The van der Waals surface area contributed by atoms with Gasteiger partial charge in [0.15, 0.2) is 5.65 Å². The Hall–Kier alpha value is -3.57. The zero-order valence-corrected chi connectivity index (χ0v) is 19.7. The van der Waals surface area contributed by atoms with Gasteiger partial charge in [-0.05, 0) is 44.7 Å². The summed E-state index contributed by atoms with van der Waals surface area (Å²) >= 11 is 0. The third-order valence-corrected chi connectivity index (χ3v) is 6.33. The molecule has 2 aliphatic rings. The molecule has 0 bridgehead atoms. The van der Waals surface area contributed by atoms with Crippen LogP contribution in [0.4, 0.5) is 10.1 Å². The average Bonchev–Trinajstić information content (AvgIpc) is 3.34. The van der Waals surface area contributed by atoms with Crippen LogP contribution in [-0.4, -0.2) is 85.9 Å². The lowest BCUT2D eigenvalue weighted by atomic mass is 10.0. The minimum atomic E-state index is -1.61. The molecule has 1 atom stereocenters. The molecule has 5 rings (SSSR count). The van der Waals surface area contributed by atoms with Gasteiger partial charge in [0.1, 0.15) is 23.6 Å². The molecule has 3 aromatic rings. The molecule has 10 nitrogen and oxygen atoms in total. The van der Waals surface area contributed by atoms with Crippen molar-refractivity contribution >= 4 is 23.1 Å². The third kappa shape index (κ3) is 4.44. The molecule has 11 heteroatoms. The summed E-state index contributed by atoms with van der Waals surface area (Å²) in [5.74, 6) is -0.387. The molecule has 35 heavy (non-hydrogen) atoms. The molecule has 2 amide bonds. The standard InChI is InChI=1S/C24H27FN6O4/c1-24(2,34)20(25)13-30-10-14-7-18(19(8-16(14)23(30)33)35-15-11-29(3)12-15)28-22(32)17-9-27-31-6-4-5-26-21(17)31/h4-9,15,20,34H,10-13H2,1-3H3,(H,28,32)/t20-/m1/s1. The molecule has 4 heterocycles. The number of carbonyl (C=O) groups is 2. The second-order valence-electron chi connectivity index (χ2n) is 9.67. The predicted molar refractivity (Wildman–Crippen MR) is 125 cm³/mol. The summed E-state index contributed by atoms with van der Waals surface area (Å²) < 4.78 is 22.1. The number of benzene rings is 1. The maximum atomic E-state index is 14.5. The van der Waals surface area contributed by atoms with Gasteiger partial charge in [-0.25, -0.2) is 13.9 Å². The molecule has 0 saturated carbocycles. The van der Waals surface area contributed by atoms with Crippen LogP contribution in [0.5, 0.6) is 5.75 Å². The summed E-state index contributed by atoms with van der Waals surface area (Å²) in [5.41, 5.74) is 0.587. The molecule has 1 aromatic carbocycles. The van der Waals surface area contributed by atoms with Gasteiger partial charge in [-0.3, -0.25) is 14.5 Å². The first-order valence-electron chi connectivity index (χ1n) is 11.4. The fourth-order valence-electron chi connectivity index (χ4n) is 4.23. The van der Waals surface area contributed by atoms with E-state index in [1.54, 1.807) is 30.6 Å². The highest BCUT2D eigenvalue weighted by Crippen LogP contribution is 2.36.